The first-order valence-corrected chi connectivity index (χ1v) is 8.67. The Kier molecular flexibility index (Phi) is 4.10. The molecule has 0 atom stereocenters. The molecule has 126 valence electrons. The Balaban J connectivity index is 1.96. The largest absolute Gasteiger partial charge is 0.289 e. The molecule has 0 unspecified atom stereocenters. The summed E-state index contributed by atoms with van der Waals surface area (Å²) in [6, 6.07) is 26.9. The van der Waals surface area contributed by atoms with Gasteiger partial charge in [0.25, 0.3) is 0 Å². The van der Waals surface area contributed by atoms with Crippen LogP contribution in [0.25, 0.3) is 0 Å². The van der Waals surface area contributed by atoms with E-state index in [0.717, 1.165) is 11.1 Å². The Hall–Kier alpha value is -3.26. The third-order valence-electron chi connectivity index (χ3n) is 4.96. The van der Waals surface area contributed by atoms with Gasteiger partial charge in [-0.25, -0.2) is 0 Å². The van der Waals surface area contributed by atoms with E-state index in [4.69, 9.17) is 0 Å². The predicted octanol–water partition coefficient (Wildman–Crippen LogP) is 5.21. The molecular weight excluding hydrogens is 320 g/mol. The van der Waals surface area contributed by atoms with Gasteiger partial charge in [-0.15, -0.1) is 0 Å². The monoisotopic (exact) mass is 338 g/mol. The summed E-state index contributed by atoms with van der Waals surface area (Å²) in [7, 11) is 0. The molecule has 2 heteroatoms. The lowest BCUT2D eigenvalue weighted by Gasteiger charge is -2.26. The summed E-state index contributed by atoms with van der Waals surface area (Å²) >= 11 is 0. The summed E-state index contributed by atoms with van der Waals surface area (Å²) in [5, 5.41) is 0. The van der Waals surface area contributed by atoms with E-state index in [0.29, 0.717) is 22.3 Å². The minimum atomic E-state index is -0.262. The second kappa shape index (κ2) is 6.57. The molecule has 1 aliphatic carbocycles. The summed E-state index contributed by atoms with van der Waals surface area (Å²) < 4.78 is 0. The van der Waals surface area contributed by atoms with Crippen LogP contribution in [-0.2, 0) is 0 Å². The Labute approximate surface area is 152 Å². The van der Waals surface area contributed by atoms with Crippen molar-refractivity contribution in [2.24, 2.45) is 0 Å². The molecule has 0 aliphatic heterocycles. The van der Waals surface area contributed by atoms with Crippen molar-refractivity contribution in [3.63, 3.8) is 0 Å². The van der Waals surface area contributed by atoms with Gasteiger partial charge in [0.15, 0.2) is 11.6 Å². The van der Waals surface area contributed by atoms with Crippen molar-refractivity contribution in [1.29, 1.82) is 0 Å². The molecule has 1 aliphatic rings. The normalized spacial score (nSPS) is 13.9. The van der Waals surface area contributed by atoms with Crippen molar-refractivity contribution in [2.45, 2.75) is 12.8 Å². The fourth-order valence-corrected chi connectivity index (χ4v) is 3.68. The highest BCUT2D eigenvalue weighted by Gasteiger charge is 2.35. The number of hydrogen-bond acceptors (Lipinski definition) is 2. The van der Waals surface area contributed by atoms with Crippen LogP contribution in [0.4, 0.5) is 0 Å². The number of hydrogen-bond donors (Lipinski definition) is 0. The first kappa shape index (κ1) is 16.2. The lowest BCUT2D eigenvalue weighted by molar-refractivity contribution is 0.0971. The third-order valence-corrected chi connectivity index (χ3v) is 4.96. The van der Waals surface area contributed by atoms with Gasteiger partial charge in [-0.2, -0.15) is 0 Å². The number of Topliss-reactive ketones (excluding diaryl/α,β-unsaturated/α-hetero) is 2. The summed E-state index contributed by atoms with van der Waals surface area (Å²) in [5.41, 5.74) is 4.12. The van der Waals surface area contributed by atoms with Crippen molar-refractivity contribution < 1.29 is 9.59 Å². The molecule has 0 saturated heterocycles. The van der Waals surface area contributed by atoms with E-state index >= 15 is 0 Å². The van der Waals surface area contributed by atoms with Gasteiger partial charge < -0.3 is 0 Å². The lowest BCUT2D eigenvalue weighted by Crippen LogP contribution is -2.25. The molecule has 0 N–H and O–H groups in total. The molecule has 3 aromatic rings. The van der Waals surface area contributed by atoms with Gasteiger partial charge in [0, 0.05) is 28.2 Å². The van der Waals surface area contributed by atoms with Crippen LogP contribution >= 0.6 is 0 Å². The molecular formula is C24H18O2. The average molecular weight is 338 g/mol. The quantitative estimate of drug-likeness (QED) is 0.656. The maximum absolute atomic E-state index is 13.4. The zero-order chi connectivity index (χ0) is 18.1. The number of allylic oxidation sites excluding steroid dienone is 2. The van der Waals surface area contributed by atoms with E-state index in [9.17, 15) is 9.59 Å². The molecule has 0 bridgehead atoms. The number of benzene rings is 3. The van der Waals surface area contributed by atoms with Gasteiger partial charge >= 0.3 is 0 Å². The minimum Gasteiger partial charge on any atom is -0.289 e. The second-order valence-corrected chi connectivity index (χ2v) is 6.50. The fraction of sp³-hybridized carbons (Fsp3) is 0.0833. The third kappa shape index (κ3) is 2.60. The highest BCUT2D eigenvalue weighted by molar-refractivity contribution is 6.27. The summed E-state index contributed by atoms with van der Waals surface area (Å²) in [6.07, 6.45) is 0. The Bertz CT molecular complexity index is 975. The van der Waals surface area contributed by atoms with Crippen LogP contribution in [0.2, 0.25) is 0 Å². The number of ketones is 2. The van der Waals surface area contributed by atoms with Crippen LogP contribution in [0.15, 0.2) is 96.1 Å². The van der Waals surface area contributed by atoms with Crippen molar-refractivity contribution in [3.8, 4) is 0 Å². The van der Waals surface area contributed by atoms with Crippen LogP contribution in [0.5, 0.6) is 0 Å². The lowest BCUT2D eigenvalue weighted by atomic mass is 9.74. The van der Waals surface area contributed by atoms with Crippen molar-refractivity contribution in [3.05, 3.63) is 118 Å². The van der Waals surface area contributed by atoms with Crippen LogP contribution < -0.4 is 0 Å². The number of carbonyl (C=O) groups excluding carboxylic acids is 2. The highest BCUT2D eigenvalue weighted by atomic mass is 16.1. The molecule has 2 nitrogen and oxygen atoms in total. The van der Waals surface area contributed by atoms with Crippen molar-refractivity contribution in [1.82, 2.24) is 0 Å². The summed E-state index contributed by atoms with van der Waals surface area (Å²) in [5.74, 6) is -0.385. The molecule has 0 radical (unpaired) electrons. The van der Waals surface area contributed by atoms with E-state index in [1.54, 1.807) is 25.1 Å². The Morgan fingerprint density at radius 1 is 0.577 bits per heavy atom. The molecule has 26 heavy (non-hydrogen) atoms. The van der Waals surface area contributed by atoms with Gasteiger partial charge in [-0.1, -0.05) is 84.9 Å². The van der Waals surface area contributed by atoms with E-state index in [1.807, 2.05) is 66.7 Å². The fourth-order valence-electron chi connectivity index (χ4n) is 3.68. The van der Waals surface area contributed by atoms with E-state index in [2.05, 4.69) is 0 Å². The van der Waals surface area contributed by atoms with Gasteiger partial charge in [-0.3, -0.25) is 9.59 Å². The summed E-state index contributed by atoms with van der Waals surface area (Å²) in [6.45, 7) is 1.77. The molecule has 0 heterocycles. The van der Waals surface area contributed by atoms with Gasteiger partial charge in [0.05, 0.1) is 0 Å². The first-order valence-electron chi connectivity index (χ1n) is 8.67. The van der Waals surface area contributed by atoms with Crippen LogP contribution in [0, 0.1) is 0 Å². The maximum Gasteiger partial charge on any atom is 0.191 e. The zero-order valence-electron chi connectivity index (χ0n) is 14.5. The predicted molar refractivity (Wildman–Crippen MR) is 103 cm³/mol. The maximum atomic E-state index is 13.4. The van der Waals surface area contributed by atoms with Crippen molar-refractivity contribution >= 4 is 11.6 Å². The number of rotatable bonds is 3. The minimum absolute atomic E-state index is 0.0598. The first-order chi connectivity index (χ1) is 12.7. The van der Waals surface area contributed by atoms with Crippen LogP contribution in [0.1, 0.15) is 44.7 Å². The topological polar surface area (TPSA) is 34.1 Å². The molecule has 0 amide bonds. The van der Waals surface area contributed by atoms with Gasteiger partial charge in [0.1, 0.15) is 0 Å². The van der Waals surface area contributed by atoms with E-state index in [-0.39, 0.29) is 17.5 Å². The Morgan fingerprint density at radius 2 is 1.00 bits per heavy atom. The molecule has 4 rings (SSSR count). The number of fused-ring (bicyclic) bond motifs is 1. The van der Waals surface area contributed by atoms with Gasteiger partial charge in [-0.05, 0) is 18.1 Å². The van der Waals surface area contributed by atoms with E-state index in [1.165, 1.54) is 0 Å². The molecule has 0 aromatic heterocycles. The smallest absolute Gasteiger partial charge is 0.191 e. The van der Waals surface area contributed by atoms with Crippen molar-refractivity contribution in [2.75, 3.05) is 0 Å². The second-order valence-electron chi connectivity index (χ2n) is 6.50. The number of carbonyl (C=O) groups is 2. The molecule has 0 spiro atoms. The van der Waals surface area contributed by atoms with Crippen LogP contribution in [-0.4, -0.2) is 11.6 Å². The zero-order valence-corrected chi connectivity index (χ0v) is 14.5. The van der Waals surface area contributed by atoms with Gasteiger partial charge in [0.2, 0.25) is 0 Å². The molecule has 3 aromatic carbocycles. The van der Waals surface area contributed by atoms with E-state index < -0.39 is 0 Å². The average Bonchev–Trinajstić information content (AvgIpc) is 2.71. The Morgan fingerprint density at radius 3 is 1.50 bits per heavy atom. The highest BCUT2D eigenvalue weighted by Crippen LogP contribution is 2.39. The molecule has 0 fully saturated rings. The summed E-state index contributed by atoms with van der Waals surface area (Å²) in [4.78, 5) is 26.3. The van der Waals surface area contributed by atoms with Crippen LogP contribution in [0.3, 0.4) is 0 Å². The SMILES string of the molecule is CC1=C(C(c2ccccc2)c2ccccc2)C(=O)c2ccccc2C1=O. The standard InChI is InChI=1S/C24H18O2/c1-16-21(24(26)20-15-9-8-14-19(20)23(16)25)22(17-10-4-2-5-11-17)18-12-6-3-7-13-18/h2-15,22H,1H3. The molecule has 0 saturated carbocycles.